The van der Waals surface area contributed by atoms with E-state index in [2.05, 4.69) is 15.4 Å². The third-order valence-electron chi connectivity index (χ3n) is 5.74. The first-order valence-corrected chi connectivity index (χ1v) is 10.3. The molecule has 7 nitrogen and oxygen atoms in total. The summed E-state index contributed by atoms with van der Waals surface area (Å²) in [4.78, 5) is 31.4. The molecular formula is C25H16FN5O2. The molecular weight excluding hydrogens is 421 g/mol. The van der Waals surface area contributed by atoms with Crippen LogP contribution in [0, 0.1) is 5.82 Å². The molecule has 0 aliphatic carbocycles. The second-order valence-corrected chi connectivity index (χ2v) is 7.74. The maximum atomic E-state index is 13.6. The lowest BCUT2D eigenvalue weighted by Crippen LogP contribution is -2.30. The van der Waals surface area contributed by atoms with Crippen LogP contribution < -0.4 is 10.2 Å². The number of halogens is 1. The molecule has 1 aromatic heterocycles. The number of nitrogens with zero attached hydrogens (tertiary/aromatic N) is 4. The fourth-order valence-corrected chi connectivity index (χ4v) is 4.13. The van der Waals surface area contributed by atoms with E-state index in [9.17, 15) is 14.0 Å². The van der Waals surface area contributed by atoms with Gasteiger partial charge < -0.3 is 5.32 Å². The number of aromatic nitrogens is 3. The first kappa shape index (κ1) is 19.1. The first-order valence-electron chi connectivity index (χ1n) is 10.3. The molecule has 2 aliphatic rings. The number of hydrogen-bond acceptors (Lipinski definition) is 5. The Morgan fingerprint density at radius 1 is 0.818 bits per heavy atom. The lowest BCUT2D eigenvalue weighted by molar-refractivity contribution is 0.0923. The van der Waals surface area contributed by atoms with Crippen LogP contribution in [0.2, 0.25) is 0 Å². The van der Waals surface area contributed by atoms with Crippen LogP contribution in [0.4, 0.5) is 16.3 Å². The number of anilines is 2. The topological polar surface area (TPSA) is 80.1 Å². The van der Waals surface area contributed by atoms with Crippen molar-refractivity contribution in [2.45, 2.75) is 6.04 Å². The molecule has 1 atom stereocenters. The number of amides is 2. The summed E-state index contributed by atoms with van der Waals surface area (Å²) in [6.07, 6.45) is 1.95. The molecule has 0 bridgehead atoms. The van der Waals surface area contributed by atoms with E-state index >= 15 is 0 Å². The monoisotopic (exact) mass is 437 g/mol. The van der Waals surface area contributed by atoms with E-state index in [1.165, 1.54) is 12.1 Å². The summed E-state index contributed by atoms with van der Waals surface area (Å²) in [6, 6.07) is 22.0. The van der Waals surface area contributed by atoms with E-state index in [0.29, 0.717) is 17.1 Å². The predicted octanol–water partition coefficient (Wildman–Crippen LogP) is 4.27. The first-order chi connectivity index (χ1) is 16.1. The minimum Gasteiger partial charge on any atom is -0.324 e. The zero-order valence-electron chi connectivity index (χ0n) is 17.1. The molecule has 2 aliphatic heterocycles. The van der Waals surface area contributed by atoms with E-state index in [1.807, 2.05) is 36.4 Å². The van der Waals surface area contributed by atoms with E-state index in [1.54, 1.807) is 41.1 Å². The molecule has 0 spiro atoms. The number of nitrogens with one attached hydrogen (secondary N) is 1. The van der Waals surface area contributed by atoms with Gasteiger partial charge in [0, 0.05) is 5.70 Å². The van der Waals surface area contributed by atoms with Crippen molar-refractivity contribution in [2.24, 2.45) is 0 Å². The lowest BCUT2D eigenvalue weighted by atomic mass is 10.0. The Labute approximate surface area is 187 Å². The van der Waals surface area contributed by atoms with Crippen LogP contribution in [0.5, 0.6) is 0 Å². The van der Waals surface area contributed by atoms with Gasteiger partial charge in [0.15, 0.2) is 0 Å². The van der Waals surface area contributed by atoms with Crippen molar-refractivity contribution in [2.75, 3.05) is 10.2 Å². The molecule has 33 heavy (non-hydrogen) atoms. The summed E-state index contributed by atoms with van der Waals surface area (Å²) >= 11 is 0. The molecule has 0 saturated carbocycles. The van der Waals surface area contributed by atoms with Crippen molar-refractivity contribution in [1.82, 2.24) is 14.8 Å². The smallest absolute Gasteiger partial charge is 0.268 e. The number of rotatable bonds is 3. The standard InChI is InChI=1S/C25H16FN5O2/c26-17-12-10-16(11-13-17)21-14-20(15-6-2-1-3-7-15)27-24-28-25(29-31(21)24)30-22(32)18-8-4-5-9-19(18)23(30)33/h1-14,21H,(H,27,28,29)/t21-/m1/s1. The van der Waals surface area contributed by atoms with Gasteiger partial charge >= 0.3 is 0 Å². The molecule has 0 fully saturated rings. The van der Waals surface area contributed by atoms with Crippen LogP contribution in [0.1, 0.15) is 37.9 Å². The fraction of sp³-hybridized carbons (Fsp3) is 0.0400. The molecule has 0 radical (unpaired) electrons. The van der Waals surface area contributed by atoms with Gasteiger partial charge in [-0.2, -0.15) is 4.98 Å². The third-order valence-corrected chi connectivity index (χ3v) is 5.74. The van der Waals surface area contributed by atoms with Gasteiger partial charge in [-0.05, 0) is 41.5 Å². The van der Waals surface area contributed by atoms with E-state index in [0.717, 1.165) is 21.7 Å². The Kier molecular flexibility index (Phi) is 4.19. The number of carbonyl (C=O) groups excluding carboxylic acids is 2. The summed E-state index contributed by atoms with van der Waals surface area (Å²) in [6.45, 7) is 0. The summed E-state index contributed by atoms with van der Waals surface area (Å²) in [7, 11) is 0. The molecule has 3 aromatic carbocycles. The molecule has 6 rings (SSSR count). The van der Waals surface area contributed by atoms with Gasteiger partial charge in [0.05, 0.1) is 11.1 Å². The molecule has 8 heteroatoms. The Morgan fingerprint density at radius 2 is 1.45 bits per heavy atom. The van der Waals surface area contributed by atoms with Crippen LogP contribution in [0.15, 0.2) is 84.9 Å². The highest BCUT2D eigenvalue weighted by Crippen LogP contribution is 2.35. The number of benzene rings is 3. The van der Waals surface area contributed by atoms with E-state index < -0.39 is 17.9 Å². The minimum absolute atomic E-state index is 0.0153. The summed E-state index contributed by atoms with van der Waals surface area (Å²) in [5.41, 5.74) is 3.15. The van der Waals surface area contributed by atoms with Crippen LogP contribution in [-0.2, 0) is 0 Å². The van der Waals surface area contributed by atoms with Crippen LogP contribution >= 0.6 is 0 Å². The number of allylic oxidation sites excluding steroid dienone is 1. The van der Waals surface area contributed by atoms with Crippen molar-refractivity contribution in [3.63, 3.8) is 0 Å². The van der Waals surface area contributed by atoms with E-state index in [-0.39, 0.29) is 11.8 Å². The third kappa shape index (κ3) is 3.03. The van der Waals surface area contributed by atoms with Crippen molar-refractivity contribution < 1.29 is 14.0 Å². The van der Waals surface area contributed by atoms with Crippen LogP contribution in [0.3, 0.4) is 0 Å². The molecule has 160 valence electrons. The van der Waals surface area contributed by atoms with E-state index in [4.69, 9.17) is 0 Å². The molecule has 0 saturated heterocycles. The molecule has 1 N–H and O–H groups in total. The summed E-state index contributed by atoms with van der Waals surface area (Å²) < 4.78 is 15.2. The Balaban J connectivity index is 1.46. The highest BCUT2D eigenvalue weighted by molar-refractivity contribution is 6.33. The van der Waals surface area contributed by atoms with Gasteiger partial charge in [-0.1, -0.05) is 54.6 Å². The Morgan fingerprint density at radius 3 is 2.12 bits per heavy atom. The van der Waals surface area contributed by atoms with Gasteiger partial charge in [-0.25, -0.2) is 14.0 Å². The van der Waals surface area contributed by atoms with Gasteiger partial charge in [0.2, 0.25) is 5.95 Å². The largest absolute Gasteiger partial charge is 0.324 e. The number of hydrogen-bond donors (Lipinski definition) is 1. The quantitative estimate of drug-likeness (QED) is 0.484. The zero-order chi connectivity index (χ0) is 22.5. The van der Waals surface area contributed by atoms with Crippen LogP contribution in [0.25, 0.3) is 5.70 Å². The minimum atomic E-state index is -0.465. The number of fused-ring (bicyclic) bond motifs is 2. The number of carbonyl (C=O) groups is 2. The van der Waals surface area contributed by atoms with Crippen molar-refractivity contribution in [1.29, 1.82) is 0 Å². The normalized spacial score (nSPS) is 16.8. The summed E-state index contributed by atoms with van der Waals surface area (Å²) in [5, 5.41) is 7.76. The SMILES string of the molecule is O=C1c2ccccc2C(=O)N1c1nc2n(n1)[C@@H](c1ccc(F)cc1)C=C(c1ccccc1)N2. The van der Waals surface area contributed by atoms with Gasteiger partial charge in [0.25, 0.3) is 17.8 Å². The van der Waals surface area contributed by atoms with Crippen molar-refractivity contribution in [3.8, 4) is 0 Å². The molecule has 0 unspecified atom stereocenters. The van der Waals surface area contributed by atoms with Gasteiger partial charge in [-0.3, -0.25) is 9.59 Å². The number of imide groups is 1. The average molecular weight is 437 g/mol. The highest BCUT2D eigenvalue weighted by Gasteiger charge is 2.40. The van der Waals surface area contributed by atoms with Gasteiger partial charge in [-0.15, -0.1) is 5.10 Å². The fourth-order valence-electron chi connectivity index (χ4n) is 4.13. The van der Waals surface area contributed by atoms with Gasteiger partial charge in [0.1, 0.15) is 11.9 Å². The molecule has 2 amide bonds. The summed E-state index contributed by atoms with van der Waals surface area (Å²) in [5.74, 6) is -0.914. The van der Waals surface area contributed by atoms with Crippen molar-refractivity contribution in [3.05, 3.63) is 113 Å². The van der Waals surface area contributed by atoms with Crippen LogP contribution in [-0.4, -0.2) is 26.6 Å². The Bertz CT molecular complexity index is 1410. The zero-order valence-corrected chi connectivity index (χ0v) is 17.1. The second kappa shape index (κ2) is 7.23. The maximum Gasteiger partial charge on any atom is 0.268 e. The average Bonchev–Trinajstić information content (AvgIpc) is 3.38. The maximum absolute atomic E-state index is 13.6. The Hall–Kier alpha value is -4.59. The molecule has 3 heterocycles. The lowest BCUT2D eigenvalue weighted by Gasteiger charge is -2.24. The van der Waals surface area contributed by atoms with Crippen molar-refractivity contribution >= 4 is 29.4 Å². The predicted molar refractivity (Wildman–Crippen MR) is 120 cm³/mol. The highest BCUT2D eigenvalue weighted by atomic mass is 19.1. The molecule has 4 aromatic rings. The second-order valence-electron chi connectivity index (χ2n) is 7.74.